The fourth-order valence-electron chi connectivity index (χ4n) is 3.22. The minimum absolute atomic E-state index is 0.412. The molecule has 0 amide bonds. The van der Waals surface area contributed by atoms with Crippen molar-refractivity contribution in [3.8, 4) is 0 Å². The number of aromatic nitrogens is 1. The molecule has 110 valence electrons. The van der Waals surface area contributed by atoms with Crippen LogP contribution in [-0.2, 0) is 0 Å². The largest absolute Gasteiger partial charge is 0.384 e. The summed E-state index contributed by atoms with van der Waals surface area (Å²) in [6.07, 6.45) is 4.37. The lowest BCUT2D eigenvalue weighted by atomic mass is 9.88. The predicted octanol–water partition coefficient (Wildman–Crippen LogP) is 3.60. The van der Waals surface area contributed by atoms with E-state index in [1.165, 1.54) is 24.0 Å². The van der Waals surface area contributed by atoms with Gasteiger partial charge < -0.3 is 5.73 Å². The van der Waals surface area contributed by atoms with Gasteiger partial charge in [-0.15, -0.1) is 0 Å². The molecule has 1 aromatic carbocycles. The van der Waals surface area contributed by atoms with Gasteiger partial charge in [-0.05, 0) is 56.0 Å². The Labute approximate surface area is 126 Å². The Morgan fingerprint density at radius 2 is 1.81 bits per heavy atom. The number of pyridine rings is 1. The van der Waals surface area contributed by atoms with Gasteiger partial charge in [0.1, 0.15) is 5.82 Å². The summed E-state index contributed by atoms with van der Waals surface area (Å²) < 4.78 is 0. The maximum absolute atomic E-state index is 5.66. The molecule has 0 bridgehead atoms. The zero-order valence-corrected chi connectivity index (χ0v) is 12.6. The molecule has 1 aliphatic heterocycles. The van der Waals surface area contributed by atoms with Gasteiger partial charge in [0.25, 0.3) is 0 Å². The van der Waals surface area contributed by atoms with Gasteiger partial charge >= 0.3 is 0 Å². The van der Waals surface area contributed by atoms with Crippen LogP contribution in [0.5, 0.6) is 0 Å². The van der Waals surface area contributed by atoms with Gasteiger partial charge in [0.15, 0.2) is 0 Å². The Bertz CT molecular complexity index is 557. The molecule has 0 radical (unpaired) electrons. The topological polar surface area (TPSA) is 42.1 Å². The van der Waals surface area contributed by atoms with Crippen LogP contribution in [0.1, 0.15) is 42.9 Å². The van der Waals surface area contributed by atoms with Crippen LogP contribution in [0.25, 0.3) is 0 Å². The van der Waals surface area contributed by atoms with E-state index in [2.05, 4.69) is 53.2 Å². The van der Waals surface area contributed by atoms with E-state index in [-0.39, 0.29) is 0 Å². The molecule has 2 N–H and O–H groups in total. The number of likely N-dealkylation sites (tertiary alicyclic amines) is 1. The fraction of sp³-hybridized carbons (Fsp3) is 0.389. The first-order valence-electron chi connectivity index (χ1n) is 7.74. The second kappa shape index (κ2) is 6.27. The highest BCUT2D eigenvalue weighted by molar-refractivity contribution is 5.30. The molecule has 3 nitrogen and oxygen atoms in total. The SMILES string of the molecule is CC(c1ccc(N)nc1)N1CCC(c2ccccc2)CC1. The Morgan fingerprint density at radius 3 is 2.43 bits per heavy atom. The van der Waals surface area contributed by atoms with E-state index in [9.17, 15) is 0 Å². The van der Waals surface area contributed by atoms with Gasteiger partial charge in [0, 0.05) is 12.2 Å². The van der Waals surface area contributed by atoms with Crippen LogP contribution in [0.2, 0.25) is 0 Å². The molecule has 1 unspecified atom stereocenters. The molecule has 3 heteroatoms. The fourth-order valence-corrected chi connectivity index (χ4v) is 3.22. The van der Waals surface area contributed by atoms with E-state index in [4.69, 9.17) is 5.73 Å². The molecule has 1 saturated heterocycles. The summed E-state index contributed by atoms with van der Waals surface area (Å²) >= 11 is 0. The van der Waals surface area contributed by atoms with E-state index in [1.54, 1.807) is 0 Å². The molecule has 1 atom stereocenters. The maximum Gasteiger partial charge on any atom is 0.123 e. The zero-order chi connectivity index (χ0) is 14.7. The first-order chi connectivity index (χ1) is 10.2. The molecule has 1 aromatic heterocycles. The second-order valence-corrected chi connectivity index (χ2v) is 5.91. The first-order valence-corrected chi connectivity index (χ1v) is 7.74. The molecule has 2 heterocycles. The number of piperidine rings is 1. The number of benzene rings is 1. The molecule has 21 heavy (non-hydrogen) atoms. The normalized spacial score (nSPS) is 18.5. The summed E-state index contributed by atoms with van der Waals surface area (Å²) in [4.78, 5) is 6.76. The van der Waals surface area contributed by atoms with Crippen molar-refractivity contribution >= 4 is 5.82 Å². The van der Waals surface area contributed by atoms with Gasteiger partial charge in [-0.25, -0.2) is 4.98 Å². The van der Waals surface area contributed by atoms with Crippen molar-refractivity contribution in [3.05, 3.63) is 59.8 Å². The van der Waals surface area contributed by atoms with E-state index < -0.39 is 0 Å². The number of nitrogens with zero attached hydrogens (tertiary/aromatic N) is 2. The van der Waals surface area contributed by atoms with Crippen LogP contribution in [0.15, 0.2) is 48.7 Å². The number of hydrogen-bond acceptors (Lipinski definition) is 3. The Balaban J connectivity index is 1.61. The highest BCUT2D eigenvalue weighted by Crippen LogP contribution is 2.31. The van der Waals surface area contributed by atoms with Crippen molar-refractivity contribution in [3.63, 3.8) is 0 Å². The van der Waals surface area contributed by atoms with Gasteiger partial charge in [-0.2, -0.15) is 0 Å². The van der Waals surface area contributed by atoms with Crippen molar-refractivity contribution in [2.45, 2.75) is 31.7 Å². The highest BCUT2D eigenvalue weighted by Gasteiger charge is 2.24. The van der Waals surface area contributed by atoms with Crippen molar-refractivity contribution in [1.29, 1.82) is 0 Å². The molecule has 0 spiro atoms. The number of anilines is 1. The molecule has 2 aromatic rings. The van der Waals surface area contributed by atoms with Crippen LogP contribution < -0.4 is 5.73 Å². The van der Waals surface area contributed by atoms with Crippen molar-refractivity contribution < 1.29 is 0 Å². The number of rotatable bonds is 3. The smallest absolute Gasteiger partial charge is 0.123 e. The first kappa shape index (κ1) is 14.1. The van der Waals surface area contributed by atoms with Gasteiger partial charge in [0.2, 0.25) is 0 Å². The molecule has 0 aliphatic carbocycles. The highest BCUT2D eigenvalue weighted by atomic mass is 15.2. The van der Waals surface area contributed by atoms with Crippen LogP contribution >= 0.6 is 0 Å². The molecule has 1 fully saturated rings. The van der Waals surface area contributed by atoms with Gasteiger partial charge in [-0.3, -0.25) is 4.90 Å². The Hall–Kier alpha value is -1.87. The third-order valence-corrected chi connectivity index (χ3v) is 4.64. The van der Waals surface area contributed by atoms with E-state index >= 15 is 0 Å². The Morgan fingerprint density at radius 1 is 1.10 bits per heavy atom. The molecular formula is C18H23N3. The lowest BCUT2D eigenvalue weighted by Crippen LogP contribution is -2.35. The molecular weight excluding hydrogens is 258 g/mol. The minimum atomic E-state index is 0.412. The monoisotopic (exact) mass is 281 g/mol. The number of hydrogen-bond donors (Lipinski definition) is 1. The minimum Gasteiger partial charge on any atom is -0.384 e. The van der Waals surface area contributed by atoms with Crippen molar-refractivity contribution in [2.24, 2.45) is 0 Å². The standard InChI is InChI=1S/C18H23N3/c1-14(17-7-8-18(19)20-13-17)21-11-9-16(10-12-21)15-5-3-2-4-6-15/h2-8,13-14,16H,9-12H2,1H3,(H2,19,20). The van der Waals surface area contributed by atoms with Crippen molar-refractivity contribution in [1.82, 2.24) is 9.88 Å². The predicted molar refractivity (Wildman–Crippen MR) is 87.1 cm³/mol. The average molecular weight is 281 g/mol. The van der Waals surface area contributed by atoms with Gasteiger partial charge in [0.05, 0.1) is 0 Å². The van der Waals surface area contributed by atoms with Crippen LogP contribution in [0, 0.1) is 0 Å². The second-order valence-electron chi connectivity index (χ2n) is 5.91. The average Bonchev–Trinajstić information content (AvgIpc) is 2.56. The summed E-state index contributed by atoms with van der Waals surface area (Å²) in [6.45, 7) is 4.55. The number of nitrogen functional groups attached to an aromatic ring is 1. The Kier molecular flexibility index (Phi) is 4.20. The zero-order valence-electron chi connectivity index (χ0n) is 12.6. The van der Waals surface area contributed by atoms with Crippen LogP contribution in [-0.4, -0.2) is 23.0 Å². The quantitative estimate of drug-likeness (QED) is 0.934. The van der Waals surface area contributed by atoms with E-state index in [0.29, 0.717) is 17.8 Å². The summed E-state index contributed by atoms with van der Waals surface area (Å²) in [5.41, 5.74) is 8.40. The summed E-state index contributed by atoms with van der Waals surface area (Å²) in [7, 11) is 0. The van der Waals surface area contributed by atoms with Gasteiger partial charge in [-0.1, -0.05) is 36.4 Å². The van der Waals surface area contributed by atoms with E-state index in [0.717, 1.165) is 13.1 Å². The lowest BCUT2D eigenvalue weighted by Gasteiger charge is -2.36. The third kappa shape index (κ3) is 3.24. The van der Waals surface area contributed by atoms with Crippen LogP contribution in [0.3, 0.4) is 0 Å². The molecule has 3 rings (SSSR count). The maximum atomic E-state index is 5.66. The number of nitrogens with two attached hydrogens (primary N) is 1. The third-order valence-electron chi connectivity index (χ3n) is 4.64. The summed E-state index contributed by atoms with van der Waals surface area (Å²) in [5.74, 6) is 1.30. The van der Waals surface area contributed by atoms with Crippen molar-refractivity contribution in [2.75, 3.05) is 18.8 Å². The summed E-state index contributed by atoms with van der Waals surface area (Å²) in [5, 5.41) is 0. The van der Waals surface area contributed by atoms with E-state index in [1.807, 2.05) is 12.3 Å². The summed E-state index contributed by atoms with van der Waals surface area (Å²) in [6, 6.07) is 15.3. The lowest BCUT2D eigenvalue weighted by molar-refractivity contribution is 0.162. The molecule has 0 saturated carbocycles. The molecule has 1 aliphatic rings. The van der Waals surface area contributed by atoms with Crippen LogP contribution in [0.4, 0.5) is 5.82 Å².